The maximum Gasteiger partial charge on any atom is 0.221 e. The van der Waals surface area contributed by atoms with E-state index in [0.717, 1.165) is 6.54 Å². The fourth-order valence-electron chi connectivity index (χ4n) is 0.782. The van der Waals surface area contributed by atoms with Crippen LogP contribution in [-0.4, -0.2) is 36.2 Å². The SMILES string of the molecule is CCNCCC(=O)NCC(C)(C)O. The van der Waals surface area contributed by atoms with Crippen LogP contribution in [0.3, 0.4) is 0 Å². The second-order valence-electron chi connectivity index (χ2n) is 3.69. The number of carbonyl (C=O) groups is 1. The summed E-state index contributed by atoms with van der Waals surface area (Å²) in [6, 6.07) is 0. The van der Waals surface area contributed by atoms with Crippen molar-refractivity contribution >= 4 is 5.91 Å². The first kappa shape index (κ1) is 12.4. The van der Waals surface area contributed by atoms with Crippen LogP contribution in [0.5, 0.6) is 0 Å². The first-order valence-corrected chi connectivity index (χ1v) is 4.65. The fraction of sp³-hybridized carbons (Fsp3) is 0.889. The van der Waals surface area contributed by atoms with E-state index in [1.54, 1.807) is 13.8 Å². The lowest BCUT2D eigenvalue weighted by Gasteiger charge is -2.17. The van der Waals surface area contributed by atoms with E-state index in [0.29, 0.717) is 19.5 Å². The summed E-state index contributed by atoms with van der Waals surface area (Å²) >= 11 is 0. The lowest BCUT2D eigenvalue weighted by molar-refractivity contribution is -0.122. The van der Waals surface area contributed by atoms with Gasteiger partial charge in [0.2, 0.25) is 5.91 Å². The van der Waals surface area contributed by atoms with Gasteiger partial charge in [0, 0.05) is 19.5 Å². The fourth-order valence-corrected chi connectivity index (χ4v) is 0.782. The molecule has 4 heteroatoms. The van der Waals surface area contributed by atoms with Crippen molar-refractivity contribution < 1.29 is 9.90 Å². The standard InChI is InChI=1S/C9H20N2O2/c1-4-10-6-5-8(12)11-7-9(2,3)13/h10,13H,4-7H2,1-3H3,(H,11,12). The third-order valence-electron chi connectivity index (χ3n) is 1.50. The lowest BCUT2D eigenvalue weighted by Crippen LogP contribution is -2.39. The van der Waals surface area contributed by atoms with Crippen molar-refractivity contribution in [2.24, 2.45) is 0 Å². The number of hydrogen-bond acceptors (Lipinski definition) is 3. The molecule has 3 N–H and O–H groups in total. The van der Waals surface area contributed by atoms with Gasteiger partial charge in [-0.3, -0.25) is 4.79 Å². The molecule has 1 amide bonds. The highest BCUT2D eigenvalue weighted by Crippen LogP contribution is 1.96. The Morgan fingerprint density at radius 3 is 2.54 bits per heavy atom. The van der Waals surface area contributed by atoms with E-state index in [-0.39, 0.29) is 5.91 Å². The van der Waals surface area contributed by atoms with Crippen LogP contribution in [0.4, 0.5) is 0 Å². The monoisotopic (exact) mass is 188 g/mol. The van der Waals surface area contributed by atoms with Gasteiger partial charge in [-0.05, 0) is 20.4 Å². The summed E-state index contributed by atoms with van der Waals surface area (Å²) in [7, 11) is 0. The van der Waals surface area contributed by atoms with E-state index < -0.39 is 5.60 Å². The predicted octanol–water partition coefficient (Wildman–Crippen LogP) is -0.127. The van der Waals surface area contributed by atoms with Crippen LogP contribution in [-0.2, 0) is 4.79 Å². The number of amides is 1. The molecule has 0 aromatic rings. The summed E-state index contributed by atoms with van der Waals surface area (Å²) in [4.78, 5) is 11.1. The van der Waals surface area contributed by atoms with Gasteiger partial charge in [0.15, 0.2) is 0 Å². The van der Waals surface area contributed by atoms with Gasteiger partial charge in [0.1, 0.15) is 0 Å². The van der Waals surface area contributed by atoms with E-state index in [4.69, 9.17) is 0 Å². The summed E-state index contributed by atoms with van der Waals surface area (Å²) in [6.07, 6.45) is 0.462. The highest BCUT2D eigenvalue weighted by Gasteiger charge is 2.13. The van der Waals surface area contributed by atoms with Gasteiger partial charge in [0.05, 0.1) is 5.60 Å². The van der Waals surface area contributed by atoms with Gasteiger partial charge in [-0.15, -0.1) is 0 Å². The highest BCUT2D eigenvalue weighted by atomic mass is 16.3. The molecule has 0 fully saturated rings. The maximum atomic E-state index is 11.1. The molecule has 0 aromatic carbocycles. The van der Waals surface area contributed by atoms with E-state index in [9.17, 15) is 9.90 Å². The first-order valence-electron chi connectivity index (χ1n) is 4.65. The minimum Gasteiger partial charge on any atom is -0.389 e. The molecular formula is C9H20N2O2. The van der Waals surface area contributed by atoms with Crippen molar-refractivity contribution in [1.82, 2.24) is 10.6 Å². The van der Waals surface area contributed by atoms with Gasteiger partial charge in [-0.1, -0.05) is 6.92 Å². The van der Waals surface area contributed by atoms with Gasteiger partial charge in [0.25, 0.3) is 0 Å². The molecule has 0 aliphatic carbocycles. The Morgan fingerprint density at radius 1 is 1.46 bits per heavy atom. The molecule has 0 atom stereocenters. The predicted molar refractivity (Wildman–Crippen MR) is 52.5 cm³/mol. The molecule has 0 bridgehead atoms. The molecule has 0 aliphatic rings. The largest absolute Gasteiger partial charge is 0.389 e. The zero-order valence-electron chi connectivity index (χ0n) is 8.68. The molecule has 0 spiro atoms. The van der Waals surface area contributed by atoms with Crippen LogP contribution in [0.25, 0.3) is 0 Å². The van der Waals surface area contributed by atoms with Crippen molar-refractivity contribution in [3.05, 3.63) is 0 Å². The Kier molecular flexibility index (Phi) is 5.66. The summed E-state index contributed by atoms with van der Waals surface area (Å²) in [5.41, 5.74) is -0.826. The second kappa shape index (κ2) is 5.94. The molecule has 13 heavy (non-hydrogen) atoms. The summed E-state index contributed by atoms with van der Waals surface area (Å²) in [5, 5.41) is 15.0. The van der Waals surface area contributed by atoms with E-state index in [1.807, 2.05) is 6.92 Å². The van der Waals surface area contributed by atoms with Gasteiger partial charge < -0.3 is 15.7 Å². The Labute approximate surface area is 79.7 Å². The molecule has 0 rings (SSSR count). The zero-order valence-corrected chi connectivity index (χ0v) is 8.68. The molecule has 0 aromatic heterocycles. The normalized spacial score (nSPS) is 11.4. The number of nitrogens with one attached hydrogen (secondary N) is 2. The van der Waals surface area contributed by atoms with Crippen molar-refractivity contribution in [3.8, 4) is 0 Å². The Morgan fingerprint density at radius 2 is 2.08 bits per heavy atom. The summed E-state index contributed by atoms with van der Waals surface area (Å²) in [5.74, 6) is -0.0249. The van der Waals surface area contributed by atoms with Crippen molar-refractivity contribution in [1.29, 1.82) is 0 Å². The molecular weight excluding hydrogens is 168 g/mol. The quantitative estimate of drug-likeness (QED) is 0.509. The molecule has 0 saturated heterocycles. The van der Waals surface area contributed by atoms with Gasteiger partial charge >= 0.3 is 0 Å². The van der Waals surface area contributed by atoms with Crippen LogP contribution in [0, 0.1) is 0 Å². The molecule has 78 valence electrons. The average Bonchev–Trinajstić information content (AvgIpc) is 2.00. The average molecular weight is 188 g/mol. The van der Waals surface area contributed by atoms with Crippen molar-refractivity contribution in [2.75, 3.05) is 19.6 Å². The van der Waals surface area contributed by atoms with Crippen molar-refractivity contribution in [2.45, 2.75) is 32.8 Å². The van der Waals surface area contributed by atoms with Gasteiger partial charge in [-0.25, -0.2) is 0 Å². The van der Waals surface area contributed by atoms with Crippen LogP contribution >= 0.6 is 0 Å². The molecule has 0 unspecified atom stereocenters. The van der Waals surface area contributed by atoms with Crippen LogP contribution in [0.2, 0.25) is 0 Å². The third-order valence-corrected chi connectivity index (χ3v) is 1.50. The van der Waals surface area contributed by atoms with Crippen LogP contribution in [0.15, 0.2) is 0 Å². The lowest BCUT2D eigenvalue weighted by atomic mass is 10.1. The zero-order chi connectivity index (χ0) is 10.3. The minimum absolute atomic E-state index is 0.0249. The Balaban J connectivity index is 3.41. The van der Waals surface area contributed by atoms with Crippen LogP contribution in [0.1, 0.15) is 27.2 Å². The second-order valence-corrected chi connectivity index (χ2v) is 3.69. The summed E-state index contributed by atoms with van der Waals surface area (Å²) in [6.45, 7) is 7.19. The smallest absolute Gasteiger partial charge is 0.221 e. The van der Waals surface area contributed by atoms with E-state index in [1.165, 1.54) is 0 Å². The molecule has 0 heterocycles. The first-order chi connectivity index (χ1) is 5.95. The molecule has 4 nitrogen and oxygen atoms in total. The molecule has 0 saturated carbocycles. The number of aliphatic hydroxyl groups is 1. The number of rotatable bonds is 6. The van der Waals surface area contributed by atoms with Gasteiger partial charge in [-0.2, -0.15) is 0 Å². The van der Waals surface area contributed by atoms with Crippen molar-refractivity contribution in [3.63, 3.8) is 0 Å². The molecule has 0 aliphatic heterocycles. The number of hydrogen-bond donors (Lipinski definition) is 3. The molecule has 0 radical (unpaired) electrons. The van der Waals surface area contributed by atoms with Crippen LogP contribution < -0.4 is 10.6 Å². The van der Waals surface area contributed by atoms with E-state index in [2.05, 4.69) is 10.6 Å². The highest BCUT2D eigenvalue weighted by molar-refractivity contribution is 5.76. The number of carbonyl (C=O) groups excluding carboxylic acids is 1. The minimum atomic E-state index is -0.826. The van der Waals surface area contributed by atoms with E-state index >= 15 is 0 Å². The summed E-state index contributed by atoms with van der Waals surface area (Å²) < 4.78 is 0. The maximum absolute atomic E-state index is 11.1. The Hall–Kier alpha value is -0.610. The third kappa shape index (κ3) is 9.30. The topological polar surface area (TPSA) is 61.4 Å². The Bertz CT molecular complexity index is 152.